The fraction of sp³-hybridized carbons (Fsp3) is 0.350. The number of benzene rings is 2. The number of ether oxygens (including phenoxy) is 1. The van der Waals surface area contributed by atoms with Crippen molar-refractivity contribution in [2.24, 2.45) is 0 Å². The van der Waals surface area contributed by atoms with Crippen molar-refractivity contribution >= 4 is 17.5 Å². The molecule has 2 aromatic carbocycles. The molecule has 0 saturated heterocycles. The molecule has 0 radical (unpaired) electrons. The number of hydrogen-bond acceptors (Lipinski definition) is 2. The zero-order valence-electron chi connectivity index (χ0n) is 14.4. The van der Waals surface area contributed by atoms with Crippen molar-refractivity contribution in [3.8, 4) is 0 Å². The fourth-order valence-electron chi connectivity index (χ4n) is 2.57. The van der Waals surface area contributed by atoms with Gasteiger partial charge in [0.1, 0.15) is 5.60 Å². The largest absolute Gasteiger partial charge is 0.372 e. The lowest BCUT2D eigenvalue weighted by molar-refractivity contribution is 0.00315. The Balaban J connectivity index is 2.05. The zero-order chi connectivity index (χ0) is 17.6. The number of amides is 1. The van der Waals surface area contributed by atoms with Crippen molar-refractivity contribution in [1.82, 2.24) is 5.32 Å². The van der Waals surface area contributed by atoms with Gasteiger partial charge in [0.2, 0.25) is 0 Å². The van der Waals surface area contributed by atoms with Crippen molar-refractivity contribution in [3.63, 3.8) is 0 Å². The molecule has 0 heterocycles. The molecule has 128 valence electrons. The van der Waals surface area contributed by atoms with Gasteiger partial charge in [0, 0.05) is 17.7 Å². The van der Waals surface area contributed by atoms with E-state index >= 15 is 0 Å². The summed E-state index contributed by atoms with van der Waals surface area (Å²) >= 11 is 6.06. The number of carbonyl (C=O) groups is 1. The molecule has 1 N–H and O–H groups in total. The van der Waals surface area contributed by atoms with Gasteiger partial charge in [-0.15, -0.1) is 0 Å². The molecule has 0 aliphatic heterocycles. The Labute approximate surface area is 149 Å². The molecular weight excluding hydrogens is 322 g/mol. The van der Waals surface area contributed by atoms with E-state index < -0.39 is 5.60 Å². The van der Waals surface area contributed by atoms with Gasteiger partial charge in [-0.05, 0) is 48.7 Å². The molecule has 2 aromatic rings. The van der Waals surface area contributed by atoms with Crippen LogP contribution in [0.3, 0.4) is 0 Å². The SMILES string of the molecule is CCCc1ccc(C(=O)NCC(C)(OC)c2cccc(Cl)c2)cc1. The van der Waals surface area contributed by atoms with E-state index in [1.807, 2.05) is 55.5 Å². The molecular formula is C20H24ClNO2. The van der Waals surface area contributed by atoms with Crippen LogP contribution < -0.4 is 5.32 Å². The first-order valence-corrected chi connectivity index (χ1v) is 8.54. The second kappa shape index (κ2) is 8.32. The van der Waals surface area contributed by atoms with Crippen LogP contribution >= 0.6 is 11.6 Å². The summed E-state index contributed by atoms with van der Waals surface area (Å²) in [5.41, 5.74) is 2.19. The molecule has 0 aliphatic rings. The van der Waals surface area contributed by atoms with E-state index in [-0.39, 0.29) is 5.91 Å². The Morgan fingerprint density at radius 3 is 2.50 bits per heavy atom. The summed E-state index contributed by atoms with van der Waals surface area (Å²) in [6.07, 6.45) is 2.12. The van der Waals surface area contributed by atoms with Gasteiger partial charge < -0.3 is 10.1 Å². The van der Waals surface area contributed by atoms with Crippen LogP contribution in [-0.2, 0) is 16.8 Å². The van der Waals surface area contributed by atoms with E-state index in [2.05, 4.69) is 12.2 Å². The van der Waals surface area contributed by atoms with Crippen LogP contribution in [0.1, 0.15) is 41.8 Å². The maximum Gasteiger partial charge on any atom is 0.251 e. The van der Waals surface area contributed by atoms with Crippen molar-refractivity contribution in [2.45, 2.75) is 32.3 Å². The minimum atomic E-state index is -0.636. The molecule has 0 aliphatic carbocycles. The summed E-state index contributed by atoms with van der Waals surface area (Å²) in [5, 5.41) is 3.60. The Kier molecular flexibility index (Phi) is 6.41. The van der Waals surface area contributed by atoms with Crippen molar-refractivity contribution < 1.29 is 9.53 Å². The van der Waals surface area contributed by atoms with E-state index in [0.717, 1.165) is 18.4 Å². The van der Waals surface area contributed by atoms with Gasteiger partial charge in [-0.3, -0.25) is 4.79 Å². The molecule has 0 aromatic heterocycles. The molecule has 1 unspecified atom stereocenters. The molecule has 0 bridgehead atoms. The van der Waals surface area contributed by atoms with Crippen LogP contribution in [0.25, 0.3) is 0 Å². The lowest BCUT2D eigenvalue weighted by Crippen LogP contribution is -2.40. The monoisotopic (exact) mass is 345 g/mol. The average molecular weight is 346 g/mol. The summed E-state index contributed by atoms with van der Waals surface area (Å²) in [6.45, 7) is 4.44. The summed E-state index contributed by atoms with van der Waals surface area (Å²) in [7, 11) is 1.63. The van der Waals surface area contributed by atoms with E-state index in [4.69, 9.17) is 16.3 Å². The average Bonchev–Trinajstić information content (AvgIpc) is 2.60. The predicted molar refractivity (Wildman–Crippen MR) is 98.6 cm³/mol. The van der Waals surface area contributed by atoms with Crippen LogP contribution in [0, 0.1) is 0 Å². The maximum absolute atomic E-state index is 12.4. The summed E-state index contributed by atoms with van der Waals surface area (Å²) in [6, 6.07) is 15.2. The lowest BCUT2D eigenvalue weighted by Gasteiger charge is -2.29. The Hall–Kier alpha value is -1.84. The van der Waals surface area contributed by atoms with E-state index in [9.17, 15) is 4.79 Å². The highest BCUT2D eigenvalue weighted by molar-refractivity contribution is 6.30. The van der Waals surface area contributed by atoms with Gasteiger partial charge in [0.15, 0.2) is 0 Å². The van der Waals surface area contributed by atoms with Gasteiger partial charge in [0.25, 0.3) is 5.91 Å². The molecule has 0 spiro atoms. The highest BCUT2D eigenvalue weighted by Gasteiger charge is 2.27. The second-order valence-electron chi connectivity index (χ2n) is 6.07. The normalized spacial score (nSPS) is 13.3. The summed E-state index contributed by atoms with van der Waals surface area (Å²) < 4.78 is 5.64. The van der Waals surface area contributed by atoms with Gasteiger partial charge in [-0.1, -0.05) is 49.2 Å². The quantitative estimate of drug-likeness (QED) is 0.797. The van der Waals surface area contributed by atoms with Crippen molar-refractivity contribution in [3.05, 3.63) is 70.2 Å². The molecule has 2 rings (SSSR count). The van der Waals surface area contributed by atoms with E-state index in [1.54, 1.807) is 7.11 Å². The topological polar surface area (TPSA) is 38.3 Å². The van der Waals surface area contributed by atoms with Crippen LogP contribution in [0.5, 0.6) is 0 Å². The number of nitrogens with one attached hydrogen (secondary N) is 1. The Bertz CT molecular complexity index is 684. The van der Waals surface area contributed by atoms with Gasteiger partial charge in [-0.25, -0.2) is 0 Å². The minimum absolute atomic E-state index is 0.108. The number of carbonyl (C=O) groups excluding carboxylic acids is 1. The van der Waals surface area contributed by atoms with Crippen LogP contribution in [0.2, 0.25) is 5.02 Å². The number of hydrogen-bond donors (Lipinski definition) is 1. The molecule has 1 atom stereocenters. The fourth-order valence-corrected chi connectivity index (χ4v) is 2.76. The smallest absolute Gasteiger partial charge is 0.251 e. The Morgan fingerprint density at radius 1 is 1.21 bits per heavy atom. The van der Waals surface area contributed by atoms with E-state index in [1.165, 1.54) is 5.56 Å². The lowest BCUT2D eigenvalue weighted by atomic mass is 9.95. The van der Waals surface area contributed by atoms with Crippen LogP contribution in [0.4, 0.5) is 0 Å². The maximum atomic E-state index is 12.4. The summed E-state index contributed by atoms with van der Waals surface area (Å²) in [5.74, 6) is -0.108. The second-order valence-corrected chi connectivity index (χ2v) is 6.51. The minimum Gasteiger partial charge on any atom is -0.372 e. The van der Waals surface area contributed by atoms with Crippen molar-refractivity contribution in [1.29, 1.82) is 0 Å². The van der Waals surface area contributed by atoms with Gasteiger partial charge >= 0.3 is 0 Å². The molecule has 24 heavy (non-hydrogen) atoms. The first kappa shape index (κ1) is 18.5. The van der Waals surface area contributed by atoms with Crippen molar-refractivity contribution in [2.75, 3.05) is 13.7 Å². The molecule has 0 fully saturated rings. The first-order valence-electron chi connectivity index (χ1n) is 8.17. The van der Waals surface area contributed by atoms with E-state index in [0.29, 0.717) is 17.1 Å². The third kappa shape index (κ3) is 4.59. The van der Waals surface area contributed by atoms with Gasteiger partial charge in [-0.2, -0.15) is 0 Å². The number of methoxy groups -OCH3 is 1. The number of rotatable bonds is 7. The zero-order valence-corrected chi connectivity index (χ0v) is 15.2. The number of aryl methyl sites for hydroxylation is 1. The molecule has 4 heteroatoms. The standard InChI is InChI=1S/C20H24ClNO2/c1-4-6-15-9-11-16(12-10-15)19(23)22-14-20(2,24-3)17-7-5-8-18(21)13-17/h5,7-13H,4,6,14H2,1-3H3,(H,22,23). The molecule has 3 nitrogen and oxygen atoms in total. The molecule has 1 amide bonds. The van der Waals surface area contributed by atoms with Crippen LogP contribution in [-0.4, -0.2) is 19.6 Å². The third-order valence-corrected chi connectivity index (χ3v) is 4.46. The molecule has 0 saturated carbocycles. The first-order chi connectivity index (χ1) is 11.5. The Morgan fingerprint density at radius 2 is 1.92 bits per heavy atom. The highest BCUT2D eigenvalue weighted by Crippen LogP contribution is 2.26. The van der Waals surface area contributed by atoms with Crippen LogP contribution in [0.15, 0.2) is 48.5 Å². The predicted octanol–water partition coefficient (Wildman–Crippen LogP) is 4.58. The highest BCUT2D eigenvalue weighted by atomic mass is 35.5. The summed E-state index contributed by atoms with van der Waals surface area (Å²) in [4.78, 5) is 12.4. The third-order valence-electron chi connectivity index (χ3n) is 4.23. The number of halogens is 1. The van der Waals surface area contributed by atoms with Gasteiger partial charge in [0.05, 0.1) is 6.54 Å².